The number of carboxylic acid groups (broad SMARTS) is 1. The summed E-state index contributed by atoms with van der Waals surface area (Å²) in [6, 6.07) is 11.1. The summed E-state index contributed by atoms with van der Waals surface area (Å²) in [7, 11) is -3.02. The van der Waals surface area contributed by atoms with Gasteiger partial charge in [-0.25, -0.2) is 27.3 Å². The van der Waals surface area contributed by atoms with Crippen LogP contribution in [-0.2, 0) is 52.1 Å². The molecule has 3 aliphatic carbocycles. The second-order valence-corrected chi connectivity index (χ2v) is 21.9. The van der Waals surface area contributed by atoms with Gasteiger partial charge in [0, 0.05) is 30.0 Å². The summed E-state index contributed by atoms with van der Waals surface area (Å²) in [6.45, 7) is 12.9. The van der Waals surface area contributed by atoms with Gasteiger partial charge in [-0.15, -0.1) is 11.3 Å². The van der Waals surface area contributed by atoms with Crippen molar-refractivity contribution in [2.24, 2.45) is 23.2 Å². The summed E-state index contributed by atoms with van der Waals surface area (Å²) in [4.78, 5) is 58.9. The number of methoxy groups -OCH3 is 1. The van der Waals surface area contributed by atoms with E-state index in [0.29, 0.717) is 11.5 Å². The molecule has 2 aromatic carbocycles. The first kappa shape index (κ1) is 46.4. The van der Waals surface area contributed by atoms with Crippen LogP contribution >= 0.6 is 11.3 Å². The van der Waals surface area contributed by atoms with Gasteiger partial charge in [-0.1, -0.05) is 71.0 Å². The zero-order valence-corrected chi connectivity index (χ0v) is 38.7. The summed E-state index contributed by atoms with van der Waals surface area (Å²) >= 11 is 1.04. The number of amides is 3. The molecule has 1 aromatic heterocycles. The van der Waals surface area contributed by atoms with Crippen molar-refractivity contribution in [2.75, 3.05) is 31.8 Å². The number of sulfonamides is 1. The minimum atomic E-state index is -3.46. The maximum atomic E-state index is 15.0. The van der Waals surface area contributed by atoms with Gasteiger partial charge in [0.25, 0.3) is 0 Å². The molecule has 2 saturated heterocycles. The number of hydrogen-bond acceptors (Lipinski definition) is 12. The number of nitrogens with one attached hydrogen (secondary N) is 3. The second kappa shape index (κ2) is 17.8. The van der Waals surface area contributed by atoms with Gasteiger partial charge in [0.05, 0.1) is 36.7 Å². The predicted molar refractivity (Wildman–Crippen MR) is 237 cm³/mol. The number of nitrogens with zero attached hydrogens (tertiary/aromatic N) is 2. The first-order valence-corrected chi connectivity index (χ1v) is 24.1. The molecule has 16 nitrogen and oxygen atoms in total. The molecule has 0 radical (unpaired) electrons. The number of ether oxygens (including phenoxy) is 2. The Hall–Kier alpha value is -4.56. The number of anilines is 1. The summed E-state index contributed by atoms with van der Waals surface area (Å²) in [5.74, 6) is -3.04. The van der Waals surface area contributed by atoms with Crippen molar-refractivity contribution < 1.29 is 51.5 Å². The monoisotopic (exact) mass is 907 g/mol. The van der Waals surface area contributed by atoms with Gasteiger partial charge in [-0.3, -0.25) is 14.9 Å². The fraction of sp³-hybridized carbons (Fsp3) is 0.568. The van der Waals surface area contributed by atoms with Crippen LogP contribution in [0.25, 0.3) is 0 Å². The molecular formula is C44H58BN5O11S2. The summed E-state index contributed by atoms with van der Waals surface area (Å²) < 4.78 is 50.7. The zero-order chi connectivity index (χ0) is 45.6. The van der Waals surface area contributed by atoms with E-state index < -0.39 is 69.9 Å². The Balaban J connectivity index is 1.21. The molecule has 5 fully saturated rings. The van der Waals surface area contributed by atoms with E-state index in [1.165, 1.54) is 17.5 Å². The molecule has 4 N–H and O–H groups in total. The first-order chi connectivity index (χ1) is 29.6. The van der Waals surface area contributed by atoms with E-state index >= 15 is 0 Å². The van der Waals surface area contributed by atoms with E-state index in [-0.39, 0.29) is 78.5 Å². The van der Waals surface area contributed by atoms with Gasteiger partial charge in [0.2, 0.25) is 21.8 Å². The average Bonchev–Trinajstić information content (AvgIpc) is 3.84. The maximum absolute atomic E-state index is 15.0. The Labute approximate surface area is 373 Å². The lowest BCUT2D eigenvalue weighted by Gasteiger charge is -2.64. The van der Waals surface area contributed by atoms with E-state index in [0.717, 1.165) is 41.6 Å². The minimum absolute atomic E-state index is 0.0206. The fourth-order valence-electron chi connectivity index (χ4n) is 10.0. The number of benzene rings is 2. The van der Waals surface area contributed by atoms with E-state index in [1.54, 1.807) is 11.4 Å². The molecule has 5 unspecified atom stereocenters. The van der Waals surface area contributed by atoms with Gasteiger partial charge in [-0.2, -0.15) is 0 Å². The third-order valence-corrected chi connectivity index (χ3v) is 15.7. The highest BCUT2D eigenvalue weighted by Crippen LogP contribution is 2.65. The van der Waals surface area contributed by atoms with Crippen LogP contribution in [0.3, 0.4) is 0 Å². The number of aromatic carboxylic acids is 1. The molecular weight excluding hydrogens is 849 g/mol. The molecule has 2 aliphatic heterocycles. The van der Waals surface area contributed by atoms with E-state index in [1.807, 2.05) is 51.1 Å². The SMILES string of the molecule is COc1c(C(=O)O)ccc(C(C)(C)C)c1CC(NC(=O)C(NC(=O)C1CCN(S(C)(=O)=O)CC1)c1csc(NC(=O)OCc2ccccc2)n1)B1OC2CC3CC(C3(C)C)[C@]2(C)O1. The molecule has 19 heteroatoms. The highest BCUT2D eigenvalue weighted by Gasteiger charge is 2.68. The van der Waals surface area contributed by atoms with Crippen LogP contribution in [0, 0.1) is 23.2 Å². The van der Waals surface area contributed by atoms with Crippen LogP contribution in [-0.4, -0.2) is 97.9 Å². The Morgan fingerprint density at radius 2 is 1.75 bits per heavy atom. The van der Waals surface area contributed by atoms with E-state index in [4.69, 9.17) is 18.8 Å². The summed E-state index contributed by atoms with van der Waals surface area (Å²) in [5.41, 5.74) is 1.12. The number of rotatable bonds is 14. The van der Waals surface area contributed by atoms with Crippen LogP contribution in [0.4, 0.5) is 9.93 Å². The molecule has 340 valence electrons. The van der Waals surface area contributed by atoms with Crippen LogP contribution < -0.4 is 20.7 Å². The predicted octanol–water partition coefficient (Wildman–Crippen LogP) is 5.72. The molecule has 3 aromatic rings. The Bertz CT molecular complexity index is 2330. The molecule has 8 rings (SSSR count). The lowest BCUT2D eigenvalue weighted by atomic mass is 9.43. The second-order valence-electron chi connectivity index (χ2n) is 19.0. The molecule has 3 amide bonds. The molecule has 5 aliphatic rings. The number of aromatic nitrogens is 1. The van der Waals surface area contributed by atoms with E-state index in [9.17, 15) is 32.7 Å². The number of carbonyl (C=O) groups is 4. The number of thiazole rings is 1. The molecule has 6 atom stereocenters. The van der Waals surface area contributed by atoms with Gasteiger partial charge in [0.1, 0.15) is 17.9 Å². The number of carboxylic acids is 1. The fourth-order valence-corrected chi connectivity index (χ4v) is 11.6. The third-order valence-electron chi connectivity index (χ3n) is 13.6. The van der Waals surface area contributed by atoms with Crippen molar-refractivity contribution >= 4 is 57.5 Å². The van der Waals surface area contributed by atoms with Gasteiger partial charge in [-0.05, 0) is 78.9 Å². The largest absolute Gasteiger partial charge is 0.496 e. The van der Waals surface area contributed by atoms with Crippen molar-refractivity contribution in [3.63, 3.8) is 0 Å². The molecule has 3 saturated carbocycles. The van der Waals surface area contributed by atoms with Crippen molar-refractivity contribution in [1.29, 1.82) is 0 Å². The third kappa shape index (κ3) is 9.63. The van der Waals surface area contributed by atoms with Gasteiger partial charge >= 0.3 is 19.2 Å². The standard InChI is InChI=1S/C44H58BN5O11S2/c1-42(2,3)30-15-14-28(39(53)54)36(58-7)29(30)22-34(45-60-33-21-27-20-32(43(27,4)5)44(33,6)61-45)47-38(52)35(48-37(51)26-16-18-50(19-17-26)63(8,56)57)31-24-62-40(46-31)49-41(55)59-23-25-12-10-9-11-13-25/h9-15,24,26-27,32-35H,16-23H2,1-8H3,(H,47,52)(H,48,51)(H,53,54)(H,46,49,55)/t27?,32?,33?,34?,35?,44-/m0/s1. The number of carbonyl (C=O) groups excluding carboxylic acids is 3. The van der Waals surface area contributed by atoms with Crippen molar-refractivity contribution in [3.05, 3.63) is 75.8 Å². The maximum Gasteiger partial charge on any atom is 0.482 e. The van der Waals surface area contributed by atoms with Gasteiger partial charge in [0.15, 0.2) is 11.2 Å². The lowest BCUT2D eigenvalue weighted by molar-refractivity contribution is -0.199. The molecule has 0 spiro atoms. The quantitative estimate of drug-likeness (QED) is 0.143. The highest BCUT2D eigenvalue weighted by molar-refractivity contribution is 7.88. The van der Waals surface area contributed by atoms with Crippen LogP contribution in [0.1, 0.15) is 106 Å². The normalized spacial score (nSPS) is 24.3. The van der Waals surface area contributed by atoms with Crippen LogP contribution in [0.15, 0.2) is 47.8 Å². The first-order valence-electron chi connectivity index (χ1n) is 21.4. The van der Waals surface area contributed by atoms with E-state index in [2.05, 4.69) is 41.7 Å². The van der Waals surface area contributed by atoms with Crippen molar-refractivity contribution in [3.8, 4) is 5.75 Å². The van der Waals surface area contributed by atoms with Crippen molar-refractivity contribution in [2.45, 2.75) is 109 Å². The number of hydrogen-bond donors (Lipinski definition) is 4. The zero-order valence-electron chi connectivity index (χ0n) is 37.1. The molecule has 63 heavy (non-hydrogen) atoms. The minimum Gasteiger partial charge on any atom is -0.496 e. The Morgan fingerprint density at radius 1 is 1.05 bits per heavy atom. The van der Waals surface area contributed by atoms with Gasteiger partial charge < -0.3 is 34.5 Å². The number of piperidine rings is 1. The van der Waals surface area contributed by atoms with Crippen LogP contribution in [0.2, 0.25) is 0 Å². The average molecular weight is 908 g/mol. The van der Waals surface area contributed by atoms with Crippen molar-refractivity contribution in [1.82, 2.24) is 19.9 Å². The Kier molecular flexibility index (Phi) is 13.1. The Morgan fingerprint density at radius 3 is 2.37 bits per heavy atom. The topological polar surface area (TPSA) is 212 Å². The lowest BCUT2D eigenvalue weighted by Crippen LogP contribution is -2.65. The molecule has 3 heterocycles. The summed E-state index contributed by atoms with van der Waals surface area (Å²) in [5, 5.41) is 20.6. The summed E-state index contributed by atoms with van der Waals surface area (Å²) in [6.07, 6.45) is 2.40. The smallest absolute Gasteiger partial charge is 0.482 e. The highest BCUT2D eigenvalue weighted by atomic mass is 32.2. The molecule has 2 bridgehead atoms. The van der Waals surface area contributed by atoms with Crippen LogP contribution in [0.5, 0.6) is 5.75 Å².